The molecule has 0 heterocycles. The van der Waals surface area contributed by atoms with Gasteiger partial charge in [-0.15, -0.1) is 0 Å². The molecule has 1 unspecified atom stereocenters. The van der Waals surface area contributed by atoms with Crippen molar-refractivity contribution in [3.05, 3.63) is 29.8 Å². The minimum atomic E-state index is 0.562. The lowest BCUT2D eigenvalue weighted by molar-refractivity contribution is 0.414. The Morgan fingerprint density at radius 3 is 2.56 bits per heavy atom. The van der Waals surface area contributed by atoms with E-state index in [1.807, 2.05) is 23.9 Å². The number of benzene rings is 1. The van der Waals surface area contributed by atoms with Gasteiger partial charge in [0, 0.05) is 18.3 Å². The Balaban J connectivity index is 2.30. The van der Waals surface area contributed by atoms with Gasteiger partial charge in [-0.3, -0.25) is 0 Å². The second-order valence-corrected chi connectivity index (χ2v) is 5.11. The van der Waals surface area contributed by atoms with Crippen LogP contribution in [0, 0.1) is 0 Å². The zero-order valence-corrected chi connectivity index (χ0v) is 11.1. The molecule has 0 saturated carbocycles. The quantitative estimate of drug-likeness (QED) is 0.790. The number of hydrogen-bond donors (Lipinski definition) is 1. The van der Waals surface area contributed by atoms with E-state index >= 15 is 0 Å². The Morgan fingerprint density at radius 2 is 2.00 bits per heavy atom. The van der Waals surface area contributed by atoms with E-state index in [-0.39, 0.29) is 0 Å². The van der Waals surface area contributed by atoms with Crippen LogP contribution in [0.1, 0.15) is 19.4 Å². The molecule has 0 amide bonds. The summed E-state index contributed by atoms with van der Waals surface area (Å²) in [5.74, 6) is 3.28. The van der Waals surface area contributed by atoms with Crippen molar-refractivity contribution in [3.63, 3.8) is 0 Å². The summed E-state index contributed by atoms with van der Waals surface area (Å²) in [6, 6.07) is 8.77. The van der Waals surface area contributed by atoms with Crippen LogP contribution in [0.2, 0.25) is 0 Å². The number of rotatable bonds is 7. The van der Waals surface area contributed by atoms with Crippen LogP contribution in [-0.2, 0) is 6.54 Å². The van der Waals surface area contributed by atoms with Crippen molar-refractivity contribution in [2.24, 2.45) is 0 Å². The molecule has 0 aliphatic rings. The molecule has 0 saturated heterocycles. The first-order valence-corrected chi connectivity index (χ1v) is 6.85. The molecule has 0 bridgehead atoms. The molecule has 1 rings (SSSR count). The molecule has 3 heteroatoms. The molecule has 1 N–H and O–H groups in total. The predicted octanol–water partition coefficient (Wildman–Crippen LogP) is 2.93. The molecule has 0 fully saturated rings. The van der Waals surface area contributed by atoms with E-state index in [0.717, 1.165) is 12.3 Å². The molecular formula is C13H21NOS. The van der Waals surface area contributed by atoms with Crippen molar-refractivity contribution in [2.75, 3.05) is 18.6 Å². The van der Waals surface area contributed by atoms with Gasteiger partial charge in [0.1, 0.15) is 5.75 Å². The van der Waals surface area contributed by atoms with Crippen molar-refractivity contribution in [1.29, 1.82) is 0 Å². The fraction of sp³-hybridized carbons (Fsp3) is 0.538. The van der Waals surface area contributed by atoms with Gasteiger partial charge < -0.3 is 10.1 Å². The van der Waals surface area contributed by atoms with Gasteiger partial charge in [0.25, 0.3) is 0 Å². The Morgan fingerprint density at radius 1 is 1.31 bits per heavy atom. The maximum absolute atomic E-state index is 5.12. The Hall–Kier alpha value is -0.670. The lowest BCUT2D eigenvalue weighted by Crippen LogP contribution is -2.27. The smallest absolute Gasteiger partial charge is 0.118 e. The summed E-state index contributed by atoms with van der Waals surface area (Å²) in [5.41, 5.74) is 1.30. The van der Waals surface area contributed by atoms with Crippen molar-refractivity contribution < 1.29 is 4.74 Å². The summed E-state index contributed by atoms with van der Waals surface area (Å²) < 4.78 is 5.12. The molecule has 2 nitrogen and oxygen atoms in total. The maximum Gasteiger partial charge on any atom is 0.118 e. The van der Waals surface area contributed by atoms with Crippen LogP contribution in [-0.4, -0.2) is 24.7 Å². The van der Waals surface area contributed by atoms with Gasteiger partial charge in [0.05, 0.1) is 7.11 Å². The number of thioether (sulfide) groups is 1. The van der Waals surface area contributed by atoms with Gasteiger partial charge >= 0.3 is 0 Å². The van der Waals surface area contributed by atoms with Gasteiger partial charge in [0.2, 0.25) is 0 Å². The molecule has 1 atom stereocenters. The molecule has 1 aromatic rings. The topological polar surface area (TPSA) is 21.3 Å². The van der Waals surface area contributed by atoms with Gasteiger partial charge in [-0.1, -0.05) is 19.1 Å². The molecule has 0 aliphatic heterocycles. The highest BCUT2D eigenvalue weighted by Gasteiger charge is 2.01. The largest absolute Gasteiger partial charge is 0.497 e. The summed E-state index contributed by atoms with van der Waals surface area (Å²) in [7, 11) is 1.69. The second kappa shape index (κ2) is 7.58. The highest BCUT2D eigenvalue weighted by Crippen LogP contribution is 2.11. The zero-order chi connectivity index (χ0) is 11.8. The molecule has 0 radical (unpaired) electrons. The summed E-state index contributed by atoms with van der Waals surface area (Å²) in [6.07, 6.45) is 0. The highest BCUT2D eigenvalue weighted by molar-refractivity contribution is 7.99. The lowest BCUT2D eigenvalue weighted by Gasteiger charge is -2.13. The Labute approximate surface area is 103 Å². The number of hydrogen-bond acceptors (Lipinski definition) is 3. The predicted molar refractivity (Wildman–Crippen MR) is 72.3 cm³/mol. The van der Waals surface area contributed by atoms with Gasteiger partial charge in [-0.2, -0.15) is 11.8 Å². The fourth-order valence-corrected chi connectivity index (χ4v) is 2.10. The van der Waals surface area contributed by atoms with Crippen LogP contribution < -0.4 is 10.1 Å². The van der Waals surface area contributed by atoms with E-state index in [1.165, 1.54) is 17.1 Å². The molecule has 1 aromatic carbocycles. The van der Waals surface area contributed by atoms with E-state index < -0.39 is 0 Å². The van der Waals surface area contributed by atoms with Crippen molar-refractivity contribution >= 4 is 11.8 Å². The molecule has 0 aromatic heterocycles. The number of methoxy groups -OCH3 is 1. The second-order valence-electron chi connectivity index (χ2n) is 3.79. The average Bonchev–Trinajstić information content (AvgIpc) is 2.34. The van der Waals surface area contributed by atoms with Crippen LogP contribution in [0.15, 0.2) is 24.3 Å². The van der Waals surface area contributed by atoms with Gasteiger partial charge in [-0.25, -0.2) is 0 Å². The van der Waals surface area contributed by atoms with E-state index in [1.54, 1.807) is 7.11 Å². The third kappa shape index (κ3) is 4.90. The van der Waals surface area contributed by atoms with Crippen molar-refractivity contribution in [1.82, 2.24) is 5.32 Å². The van der Waals surface area contributed by atoms with Crippen LogP contribution in [0.4, 0.5) is 0 Å². The highest BCUT2D eigenvalue weighted by atomic mass is 32.2. The van der Waals surface area contributed by atoms with Crippen LogP contribution in [0.5, 0.6) is 5.75 Å². The molecular weight excluding hydrogens is 218 g/mol. The lowest BCUT2D eigenvalue weighted by atomic mass is 10.2. The third-order valence-electron chi connectivity index (χ3n) is 2.39. The SMILES string of the molecule is CCSCC(C)NCc1ccc(OC)cc1. The number of ether oxygens (including phenoxy) is 1. The van der Waals surface area contributed by atoms with Crippen LogP contribution in [0.25, 0.3) is 0 Å². The van der Waals surface area contributed by atoms with E-state index in [4.69, 9.17) is 4.74 Å². The first kappa shape index (κ1) is 13.4. The first-order chi connectivity index (χ1) is 7.76. The van der Waals surface area contributed by atoms with E-state index in [0.29, 0.717) is 6.04 Å². The molecule has 90 valence electrons. The van der Waals surface area contributed by atoms with Crippen molar-refractivity contribution in [2.45, 2.75) is 26.4 Å². The third-order valence-corrected chi connectivity index (χ3v) is 3.53. The minimum absolute atomic E-state index is 0.562. The van der Waals surface area contributed by atoms with Gasteiger partial charge in [0.15, 0.2) is 0 Å². The molecule has 0 aliphatic carbocycles. The number of nitrogens with one attached hydrogen (secondary N) is 1. The van der Waals surface area contributed by atoms with E-state index in [2.05, 4.69) is 31.3 Å². The summed E-state index contributed by atoms with van der Waals surface area (Å²) >= 11 is 1.97. The summed E-state index contributed by atoms with van der Waals surface area (Å²) in [6.45, 7) is 5.35. The molecule has 16 heavy (non-hydrogen) atoms. The molecule has 0 spiro atoms. The van der Waals surface area contributed by atoms with E-state index in [9.17, 15) is 0 Å². The van der Waals surface area contributed by atoms with Crippen LogP contribution >= 0.6 is 11.8 Å². The minimum Gasteiger partial charge on any atom is -0.497 e. The van der Waals surface area contributed by atoms with Gasteiger partial charge in [-0.05, 0) is 30.4 Å². The maximum atomic E-state index is 5.12. The summed E-state index contributed by atoms with van der Waals surface area (Å²) in [4.78, 5) is 0. The monoisotopic (exact) mass is 239 g/mol. The normalized spacial score (nSPS) is 12.4. The average molecular weight is 239 g/mol. The van der Waals surface area contributed by atoms with Crippen molar-refractivity contribution in [3.8, 4) is 5.75 Å². The van der Waals surface area contributed by atoms with Crippen LogP contribution in [0.3, 0.4) is 0 Å². The summed E-state index contributed by atoms with van der Waals surface area (Å²) in [5, 5.41) is 3.51. The Bertz CT molecular complexity index is 286. The zero-order valence-electron chi connectivity index (χ0n) is 10.3. The standard InChI is InChI=1S/C13H21NOS/c1-4-16-10-11(2)14-9-12-5-7-13(15-3)8-6-12/h5-8,11,14H,4,9-10H2,1-3H3. The Kier molecular flexibility index (Phi) is 6.34. The first-order valence-electron chi connectivity index (χ1n) is 5.70. The fourth-order valence-electron chi connectivity index (χ4n) is 1.39.